The van der Waals surface area contributed by atoms with Crippen molar-refractivity contribution >= 4 is 0 Å². The summed E-state index contributed by atoms with van der Waals surface area (Å²) < 4.78 is 5.12. The van der Waals surface area contributed by atoms with Crippen molar-refractivity contribution in [3.8, 4) is 0 Å². The summed E-state index contributed by atoms with van der Waals surface area (Å²) in [7, 11) is 0. The lowest BCUT2D eigenvalue weighted by Crippen LogP contribution is -1.90. The predicted molar refractivity (Wildman–Crippen MR) is 45.0 cm³/mol. The maximum absolute atomic E-state index is 5.12. The van der Waals surface area contributed by atoms with Crippen LogP contribution >= 0.6 is 0 Å². The van der Waals surface area contributed by atoms with Crippen molar-refractivity contribution in [3.05, 3.63) is 42.5 Å². The van der Waals surface area contributed by atoms with Crippen molar-refractivity contribution in [2.45, 2.75) is 13.3 Å². The van der Waals surface area contributed by atoms with Gasteiger partial charge in [-0.2, -0.15) is 0 Å². The molecule has 0 fully saturated rings. The van der Waals surface area contributed by atoms with E-state index < -0.39 is 0 Å². The van der Waals surface area contributed by atoms with Crippen molar-refractivity contribution in [3.63, 3.8) is 0 Å². The Morgan fingerprint density at radius 1 is 1.27 bits per heavy atom. The minimum absolute atomic E-state index is 0.745. The molecule has 11 heavy (non-hydrogen) atoms. The SMILES string of the molecule is CCCO[C]c1ccccc1. The minimum atomic E-state index is 0.745. The van der Waals surface area contributed by atoms with Gasteiger partial charge in [0.15, 0.2) is 6.61 Å². The van der Waals surface area contributed by atoms with Crippen LogP contribution in [0.25, 0.3) is 0 Å². The van der Waals surface area contributed by atoms with Crippen LogP contribution in [0.1, 0.15) is 18.9 Å². The van der Waals surface area contributed by atoms with Crippen LogP contribution in [0, 0.1) is 6.61 Å². The van der Waals surface area contributed by atoms with Gasteiger partial charge in [0, 0.05) is 6.61 Å². The number of hydrogen-bond acceptors (Lipinski definition) is 1. The molecule has 1 nitrogen and oxygen atoms in total. The molecular weight excluding hydrogens is 136 g/mol. The van der Waals surface area contributed by atoms with Crippen LogP contribution in [-0.2, 0) is 4.74 Å². The van der Waals surface area contributed by atoms with Gasteiger partial charge in [-0.15, -0.1) is 0 Å². The molecule has 0 unspecified atom stereocenters. The number of rotatable bonds is 4. The Kier molecular flexibility index (Phi) is 3.70. The van der Waals surface area contributed by atoms with E-state index in [-0.39, 0.29) is 0 Å². The highest BCUT2D eigenvalue weighted by molar-refractivity contribution is 5.19. The molecular formula is C10H12O. The van der Waals surface area contributed by atoms with Gasteiger partial charge in [-0.25, -0.2) is 0 Å². The van der Waals surface area contributed by atoms with Crippen LogP contribution < -0.4 is 0 Å². The first-order valence-electron chi connectivity index (χ1n) is 3.86. The van der Waals surface area contributed by atoms with E-state index in [1.807, 2.05) is 30.3 Å². The second-order valence-electron chi connectivity index (χ2n) is 2.32. The molecule has 0 aliphatic heterocycles. The molecule has 0 spiro atoms. The van der Waals surface area contributed by atoms with Crippen LogP contribution in [0.15, 0.2) is 30.3 Å². The summed E-state index contributed by atoms with van der Waals surface area (Å²) >= 11 is 0. The van der Waals surface area contributed by atoms with Gasteiger partial charge in [-0.3, -0.25) is 0 Å². The highest BCUT2D eigenvalue weighted by Crippen LogP contribution is 2.02. The lowest BCUT2D eigenvalue weighted by atomic mass is 10.2. The van der Waals surface area contributed by atoms with Crippen LogP contribution in [0.4, 0.5) is 0 Å². The normalized spacial score (nSPS) is 9.91. The van der Waals surface area contributed by atoms with Gasteiger partial charge in [-0.1, -0.05) is 37.3 Å². The van der Waals surface area contributed by atoms with Crippen molar-refractivity contribution < 1.29 is 4.74 Å². The Balaban J connectivity index is 2.28. The third-order valence-electron chi connectivity index (χ3n) is 1.27. The van der Waals surface area contributed by atoms with Crippen LogP contribution in [0.5, 0.6) is 0 Å². The maximum atomic E-state index is 5.12. The Morgan fingerprint density at radius 2 is 2.00 bits per heavy atom. The van der Waals surface area contributed by atoms with Gasteiger partial charge in [0.1, 0.15) is 0 Å². The molecule has 0 aliphatic carbocycles. The molecule has 0 bridgehead atoms. The van der Waals surface area contributed by atoms with E-state index in [4.69, 9.17) is 4.74 Å². The van der Waals surface area contributed by atoms with Gasteiger partial charge in [0.05, 0.1) is 0 Å². The van der Waals surface area contributed by atoms with E-state index in [2.05, 4.69) is 13.5 Å². The van der Waals surface area contributed by atoms with E-state index in [9.17, 15) is 0 Å². The molecule has 0 aromatic heterocycles. The van der Waals surface area contributed by atoms with E-state index >= 15 is 0 Å². The lowest BCUT2D eigenvalue weighted by molar-refractivity contribution is 0.213. The second-order valence-corrected chi connectivity index (χ2v) is 2.32. The summed E-state index contributed by atoms with van der Waals surface area (Å²) in [6.45, 7) is 5.67. The smallest absolute Gasteiger partial charge is 0.166 e. The molecule has 0 heterocycles. The van der Waals surface area contributed by atoms with E-state index in [1.165, 1.54) is 0 Å². The minimum Gasteiger partial charge on any atom is -0.363 e. The average Bonchev–Trinajstić information content (AvgIpc) is 2.07. The van der Waals surface area contributed by atoms with Gasteiger partial charge in [0.25, 0.3) is 0 Å². The highest BCUT2D eigenvalue weighted by Gasteiger charge is 1.91. The Hall–Kier alpha value is -0.820. The molecule has 0 atom stereocenters. The summed E-state index contributed by atoms with van der Waals surface area (Å²) in [5, 5.41) is 0. The molecule has 1 heteroatoms. The van der Waals surface area contributed by atoms with Crippen molar-refractivity contribution in [2.24, 2.45) is 0 Å². The molecule has 0 saturated carbocycles. The zero-order valence-corrected chi connectivity index (χ0v) is 6.71. The first-order valence-corrected chi connectivity index (χ1v) is 3.86. The quantitative estimate of drug-likeness (QED) is 0.596. The molecule has 1 rings (SSSR count). The fraction of sp³-hybridized carbons (Fsp3) is 0.300. The molecule has 0 saturated heterocycles. The molecule has 0 N–H and O–H groups in total. The standard InChI is InChI=1S/C10H12O/c1-2-8-11-9-10-6-4-3-5-7-10/h3-7H,2,8H2,1H3. The van der Waals surface area contributed by atoms with Gasteiger partial charge in [-0.05, 0) is 12.0 Å². The third kappa shape index (κ3) is 3.19. The largest absolute Gasteiger partial charge is 0.363 e. The Bertz CT molecular complexity index is 181. The van der Waals surface area contributed by atoms with Crippen LogP contribution in [0.2, 0.25) is 0 Å². The van der Waals surface area contributed by atoms with Crippen molar-refractivity contribution in [1.82, 2.24) is 0 Å². The van der Waals surface area contributed by atoms with Crippen LogP contribution in [0.3, 0.4) is 0 Å². The third-order valence-corrected chi connectivity index (χ3v) is 1.27. The van der Waals surface area contributed by atoms with Gasteiger partial charge < -0.3 is 4.74 Å². The summed E-state index contributed by atoms with van der Waals surface area (Å²) in [6.07, 6.45) is 1.03. The Morgan fingerprint density at radius 3 is 2.64 bits per heavy atom. The van der Waals surface area contributed by atoms with Crippen molar-refractivity contribution in [1.29, 1.82) is 0 Å². The topological polar surface area (TPSA) is 9.23 Å². The van der Waals surface area contributed by atoms with Gasteiger partial charge in [0.2, 0.25) is 0 Å². The molecule has 2 radical (unpaired) electrons. The monoisotopic (exact) mass is 148 g/mol. The average molecular weight is 148 g/mol. The zero-order valence-electron chi connectivity index (χ0n) is 6.71. The summed E-state index contributed by atoms with van der Waals surface area (Å²) in [4.78, 5) is 0. The molecule has 1 aromatic carbocycles. The van der Waals surface area contributed by atoms with E-state index in [1.54, 1.807) is 0 Å². The van der Waals surface area contributed by atoms with E-state index in [0.29, 0.717) is 0 Å². The van der Waals surface area contributed by atoms with Crippen molar-refractivity contribution in [2.75, 3.05) is 6.61 Å². The first-order chi connectivity index (χ1) is 5.43. The molecule has 0 aliphatic rings. The molecule has 0 amide bonds. The Labute approximate surface area is 68.0 Å². The molecule has 58 valence electrons. The highest BCUT2D eigenvalue weighted by atomic mass is 16.5. The fourth-order valence-corrected chi connectivity index (χ4v) is 0.743. The fourth-order valence-electron chi connectivity index (χ4n) is 0.743. The second kappa shape index (κ2) is 4.91. The maximum Gasteiger partial charge on any atom is 0.166 e. The number of ether oxygens (including phenoxy) is 1. The summed E-state index contributed by atoms with van der Waals surface area (Å²) in [6, 6.07) is 9.85. The molecule has 1 aromatic rings. The zero-order chi connectivity index (χ0) is 7.94. The predicted octanol–water partition coefficient (Wildman–Crippen LogP) is 2.50. The summed E-state index contributed by atoms with van der Waals surface area (Å²) in [5.74, 6) is 0. The lowest BCUT2D eigenvalue weighted by Gasteiger charge is -1.98. The number of benzene rings is 1. The van der Waals surface area contributed by atoms with Gasteiger partial charge >= 0.3 is 0 Å². The first kappa shape index (κ1) is 8.28. The van der Waals surface area contributed by atoms with E-state index in [0.717, 1.165) is 18.6 Å². The number of hydrogen-bond donors (Lipinski definition) is 0. The van der Waals surface area contributed by atoms with Crippen LogP contribution in [-0.4, -0.2) is 6.61 Å². The summed E-state index contributed by atoms with van der Waals surface area (Å²) in [5.41, 5.74) is 1.00.